The minimum absolute atomic E-state index is 0.180. The maximum absolute atomic E-state index is 12.6. The fourth-order valence-corrected chi connectivity index (χ4v) is 3.95. The van der Waals surface area contributed by atoms with E-state index in [2.05, 4.69) is 14.9 Å². The van der Waals surface area contributed by atoms with Crippen LogP contribution >= 0.6 is 0 Å². The molecule has 3 aromatic rings. The molecular formula is C17H21N5O2S. The zero-order valence-corrected chi connectivity index (χ0v) is 15.5. The third kappa shape index (κ3) is 3.58. The van der Waals surface area contributed by atoms with Crippen molar-refractivity contribution in [1.82, 2.24) is 19.6 Å². The summed E-state index contributed by atoms with van der Waals surface area (Å²) in [5, 5.41) is 8.43. The molecule has 0 saturated carbocycles. The lowest BCUT2D eigenvalue weighted by Gasteiger charge is -2.10. The van der Waals surface area contributed by atoms with Crippen LogP contribution in [0.1, 0.15) is 22.6 Å². The molecule has 0 aliphatic rings. The minimum Gasteiger partial charge on any atom is -0.280 e. The maximum atomic E-state index is 12.6. The van der Waals surface area contributed by atoms with Crippen molar-refractivity contribution in [2.45, 2.75) is 32.2 Å². The van der Waals surface area contributed by atoms with E-state index in [4.69, 9.17) is 0 Å². The van der Waals surface area contributed by atoms with Crippen LogP contribution in [-0.2, 0) is 23.6 Å². The van der Waals surface area contributed by atoms with E-state index in [1.54, 1.807) is 20.0 Å². The van der Waals surface area contributed by atoms with E-state index < -0.39 is 10.0 Å². The molecule has 2 aromatic heterocycles. The van der Waals surface area contributed by atoms with Gasteiger partial charge in [0.2, 0.25) is 0 Å². The largest absolute Gasteiger partial charge is 0.280 e. The van der Waals surface area contributed by atoms with E-state index in [1.807, 2.05) is 42.8 Å². The van der Waals surface area contributed by atoms with Gasteiger partial charge in [-0.05, 0) is 44.5 Å². The van der Waals surface area contributed by atoms with Crippen LogP contribution in [0.3, 0.4) is 0 Å². The normalized spacial score (nSPS) is 11.7. The van der Waals surface area contributed by atoms with Crippen molar-refractivity contribution >= 4 is 15.7 Å². The maximum Gasteiger partial charge on any atom is 0.265 e. The van der Waals surface area contributed by atoms with Crippen molar-refractivity contribution < 1.29 is 8.42 Å². The summed E-state index contributed by atoms with van der Waals surface area (Å²) in [7, 11) is -1.96. The lowest BCUT2D eigenvalue weighted by Crippen LogP contribution is -2.14. The van der Waals surface area contributed by atoms with Crippen molar-refractivity contribution in [2.24, 2.45) is 7.05 Å². The molecule has 0 aliphatic carbocycles. The second-order valence-electron chi connectivity index (χ2n) is 6.11. The standard InChI is InChI=1S/C17H21N5O2S/c1-12-8-13(2)22(19-12)11-15-6-5-7-16(9-15)20-25(23,24)17-10-18-21(4)14(17)3/h5-10,20H,11H2,1-4H3. The number of rotatable bonds is 5. The van der Waals surface area contributed by atoms with Crippen LogP contribution < -0.4 is 4.72 Å². The van der Waals surface area contributed by atoms with Gasteiger partial charge in [-0.25, -0.2) is 8.42 Å². The number of sulfonamides is 1. The first-order valence-electron chi connectivity index (χ1n) is 7.87. The van der Waals surface area contributed by atoms with E-state index in [-0.39, 0.29) is 4.90 Å². The molecule has 1 N–H and O–H groups in total. The molecule has 0 radical (unpaired) electrons. The summed E-state index contributed by atoms with van der Waals surface area (Å²) in [6.45, 7) is 6.25. The minimum atomic E-state index is -3.67. The van der Waals surface area contributed by atoms with Gasteiger partial charge in [0.15, 0.2) is 0 Å². The molecule has 0 atom stereocenters. The highest BCUT2D eigenvalue weighted by Crippen LogP contribution is 2.20. The fraction of sp³-hybridized carbons (Fsp3) is 0.294. The Morgan fingerprint density at radius 3 is 2.52 bits per heavy atom. The zero-order valence-electron chi connectivity index (χ0n) is 14.7. The Morgan fingerprint density at radius 2 is 1.92 bits per heavy atom. The highest BCUT2D eigenvalue weighted by molar-refractivity contribution is 7.92. The molecular weight excluding hydrogens is 338 g/mol. The first kappa shape index (κ1) is 17.2. The number of aryl methyl sites for hydroxylation is 3. The second kappa shape index (κ2) is 6.36. The van der Waals surface area contributed by atoms with Crippen molar-refractivity contribution in [2.75, 3.05) is 4.72 Å². The monoisotopic (exact) mass is 359 g/mol. The Bertz CT molecular complexity index is 1020. The van der Waals surface area contributed by atoms with Crippen LogP contribution in [0.5, 0.6) is 0 Å². The van der Waals surface area contributed by atoms with Gasteiger partial charge in [0.25, 0.3) is 10.0 Å². The molecule has 0 aliphatic heterocycles. The topological polar surface area (TPSA) is 81.8 Å². The van der Waals surface area contributed by atoms with Gasteiger partial charge in [-0.2, -0.15) is 10.2 Å². The van der Waals surface area contributed by atoms with Crippen molar-refractivity contribution in [1.29, 1.82) is 0 Å². The third-order valence-corrected chi connectivity index (χ3v) is 5.58. The Kier molecular flexibility index (Phi) is 4.38. The zero-order chi connectivity index (χ0) is 18.2. The summed E-state index contributed by atoms with van der Waals surface area (Å²) < 4.78 is 31.2. The Morgan fingerprint density at radius 1 is 1.16 bits per heavy atom. The predicted molar refractivity (Wildman–Crippen MR) is 96.0 cm³/mol. The van der Waals surface area contributed by atoms with Crippen LogP contribution in [0.15, 0.2) is 41.4 Å². The summed E-state index contributed by atoms with van der Waals surface area (Å²) in [4.78, 5) is 0.180. The highest BCUT2D eigenvalue weighted by atomic mass is 32.2. The summed E-state index contributed by atoms with van der Waals surface area (Å²) in [6.07, 6.45) is 1.36. The van der Waals surface area contributed by atoms with Gasteiger partial charge < -0.3 is 0 Å². The molecule has 1 aromatic carbocycles. The number of nitrogens with zero attached hydrogens (tertiary/aromatic N) is 4. The molecule has 132 valence electrons. The summed E-state index contributed by atoms with van der Waals surface area (Å²) >= 11 is 0. The molecule has 7 nitrogen and oxygen atoms in total. The van der Waals surface area contributed by atoms with E-state index in [0.717, 1.165) is 17.0 Å². The van der Waals surface area contributed by atoms with Gasteiger partial charge in [0.05, 0.1) is 24.1 Å². The van der Waals surface area contributed by atoms with E-state index >= 15 is 0 Å². The van der Waals surface area contributed by atoms with Crippen LogP contribution in [-0.4, -0.2) is 28.0 Å². The Balaban J connectivity index is 1.84. The molecule has 0 spiro atoms. The van der Waals surface area contributed by atoms with Crippen LogP contribution in [0.25, 0.3) is 0 Å². The first-order valence-corrected chi connectivity index (χ1v) is 9.36. The molecule has 0 unspecified atom stereocenters. The van der Waals surface area contributed by atoms with Gasteiger partial charge in [0.1, 0.15) is 4.90 Å². The smallest absolute Gasteiger partial charge is 0.265 e. The third-order valence-electron chi connectivity index (χ3n) is 4.09. The predicted octanol–water partition coefficient (Wildman–Crippen LogP) is 2.39. The van der Waals surface area contributed by atoms with Crippen LogP contribution in [0.4, 0.5) is 5.69 Å². The molecule has 0 fully saturated rings. The fourth-order valence-electron chi connectivity index (χ4n) is 2.69. The summed E-state index contributed by atoms with van der Waals surface area (Å²) in [6, 6.07) is 9.34. The average Bonchev–Trinajstić information content (AvgIpc) is 3.02. The van der Waals surface area contributed by atoms with E-state index in [9.17, 15) is 8.42 Å². The van der Waals surface area contributed by atoms with Crippen LogP contribution in [0, 0.1) is 20.8 Å². The molecule has 2 heterocycles. The van der Waals surface area contributed by atoms with Crippen molar-refractivity contribution in [3.05, 3.63) is 59.2 Å². The number of hydrogen-bond donors (Lipinski definition) is 1. The van der Waals surface area contributed by atoms with Gasteiger partial charge in [-0.15, -0.1) is 0 Å². The van der Waals surface area contributed by atoms with Crippen LogP contribution in [0.2, 0.25) is 0 Å². The lowest BCUT2D eigenvalue weighted by atomic mass is 10.2. The molecule has 0 amide bonds. The number of benzene rings is 1. The molecule has 25 heavy (non-hydrogen) atoms. The lowest BCUT2D eigenvalue weighted by molar-refractivity contribution is 0.600. The number of nitrogens with one attached hydrogen (secondary N) is 1. The van der Waals surface area contributed by atoms with E-state index in [0.29, 0.717) is 17.9 Å². The molecule has 8 heteroatoms. The van der Waals surface area contributed by atoms with Gasteiger partial charge in [-0.1, -0.05) is 12.1 Å². The number of aromatic nitrogens is 4. The number of hydrogen-bond acceptors (Lipinski definition) is 4. The number of anilines is 1. The average molecular weight is 359 g/mol. The highest BCUT2D eigenvalue weighted by Gasteiger charge is 2.20. The Labute approximate surface area is 147 Å². The Hall–Kier alpha value is -2.61. The van der Waals surface area contributed by atoms with Crippen molar-refractivity contribution in [3.8, 4) is 0 Å². The molecule has 0 saturated heterocycles. The van der Waals surface area contributed by atoms with Gasteiger partial charge in [-0.3, -0.25) is 14.1 Å². The molecule has 3 rings (SSSR count). The van der Waals surface area contributed by atoms with Gasteiger partial charge in [0, 0.05) is 18.4 Å². The molecule has 0 bridgehead atoms. The summed E-state index contributed by atoms with van der Waals surface area (Å²) in [5.74, 6) is 0. The first-order chi connectivity index (χ1) is 11.8. The summed E-state index contributed by atoms with van der Waals surface area (Å²) in [5.41, 5.74) is 4.10. The SMILES string of the molecule is Cc1cc(C)n(Cc2cccc(NS(=O)(=O)c3cnn(C)c3C)c2)n1. The quantitative estimate of drug-likeness (QED) is 0.758. The second-order valence-corrected chi connectivity index (χ2v) is 7.76. The van der Waals surface area contributed by atoms with Gasteiger partial charge >= 0.3 is 0 Å². The van der Waals surface area contributed by atoms with E-state index in [1.165, 1.54) is 10.9 Å². The van der Waals surface area contributed by atoms with Crippen molar-refractivity contribution in [3.63, 3.8) is 0 Å².